The molecule has 0 atom stereocenters. The predicted octanol–water partition coefficient (Wildman–Crippen LogP) is 0.816. The van der Waals surface area contributed by atoms with Gasteiger partial charge in [0, 0.05) is 11.5 Å². The molecule has 0 bridgehead atoms. The van der Waals surface area contributed by atoms with Gasteiger partial charge in [0.15, 0.2) is 0 Å². The number of carbonyl (C=O) groups is 1. The van der Waals surface area contributed by atoms with E-state index >= 15 is 0 Å². The smallest absolute Gasteiger partial charge is 0.226 e. The zero-order valence-electron chi connectivity index (χ0n) is 8.05. The minimum Gasteiger partial charge on any atom is -0.393 e. The topological polar surface area (TPSA) is 49.3 Å². The lowest BCUT2D eigenvalue weighted by Crippen LogP contribution is -2.49. The molecule has 74 valence electrons. The second-order valence-corrected chi connectivity index (χ2v) is 4.43. The Morgan fingerprint density at radius 2 is 2.15 bits per heavy atom. The molecule has 2 aliphatic rings. The van der Waals surface area contributed by atoms with Crippen molar-refractivity contribution in [3.63, 3.8) is 0 Å². The summed E-state index contributed by atoms with van der Waals surface area (Å²) in [5.74, 6) is 0.215. The second kappa shape index (κ2) is 2.98. The largest absolute Gasteiger partial charge is 0.393 e. The molecular weight excluding hydrogens is 166 g/mol. The second-order valence-electron chi connectivity index (χ2n) is 4.43. The van der Waals surface area contributed by atoms with Crippen LogP contribution in [0.4, 0.5) is 0 Å². The van der Waals surface area contributed by atoms with Gasteiger partial charge in [-0.25, -0.2) is 0 Å². The van der Waals surface area contributed by atoms with Crippen molar-refractivity contribution < 1.29 is 9.90 Å². The SMILES string of the molecule is CCC1(C(=O)NC2CC(O)C2)CC1. The molecule has 0 unspecified atom stereocenters. The molecule has 0 aliphatic heterocycles. The van der Waals surface area contributed by atoms with Crippen molar-refractivity contribution in [3.05, 3.63) is 0 Å². The number of aliphatic hydroxyl groups excluding tert-OH is 1. The summed E-state index contributed by atoms with van der Waals surface area (Å²) in [5, 5.41) is 12.1. The van der Waals surface area contributed by atoms with Crippen LogP contribution in [-0.4, -0.2) is 23.2 Å². The summed E-state index contributed by atoms with van der Waals surface area (Å²) in [6.45, 7) is 2.07. The first-order chi connectivity index (χ1) is 6.16. The first kappa shape index (κ1) is 9.00. The van der Waals surface area contributed by atoms with Gasteiger partial charge in [-0.15, -0.1) is 0 Å². The number of carbonyl (C=O) groups excluding carboxylic acids is 1. The summed E-state index contributed by atoms with van der Waals surface area (Å²) in [5.41, 5.74) is -0.0272. The molecule has 0 saturated heterocycles. The van der Waals surface area contributed by atoms with E-state index in [0.717, 1.165) is 32.1 Å². The first-order valence-corrected chi connectivity index (χ1v) is 5.15. The number of aliphatic hydroxyl groups is 1. The minimum atomic E-state index is -0.179. The maximum atomic E-state index is 11.7. The highest BCUT2D eigenvalue weighted by Crippen LogP contribution is 2.49. The Labute approximate surface area is 78.5 Å². The highest BCUT2D eigenvalue weighted by Gasteiger charge is 2.48. The van der Waals surface area contributed by atoms with Crippen LogP contribution in [0.2, 0.25) is 0 Å². The molecule has 3 nitrogen and oxygen atoms in total. The van der Waals surface area contributed by atoms with Crippen LogP contribution in [0.3, 0.4) is 0 Å². The Morgan fingerprint density at radius 1 is 1.54 bits per heavy atom. The molecule has 0 aromatic rings. The summed E-state index contributed by atoms with van der Waals surface area (Å²) in [6.07, 6.45) is 4.35. The fourth-order valence-electron chi connectivity index (χ4n) is 1.94. The van der Waals surface area contributed by atoms with E-state index in [1.807, 2.05) is 0 Å². The van der Waals surface area contributed by atoms with Crippen molar-refractivity contribution in [1.29, 1.82) is 0 Å². The van der Waals surface area contributed by atoms with Crippen LogP contribution in [0, 0.1) is 5.41 Å². The number of amides is 1. The predicted molar refractivity (Wildman–Crippen MR) is 49.1 cm³/mol. The van der Waals surface area contributed by atoms with Gasteiger partial charge in [-0.05, 0) is 32.1 Å². The summed E-state index contributed by atoms with van der Waals surface area (Å²) in [6, 6.07) is 0.242. The lowest BCUT2D eigenvalue weighted by Gasteiger charge is -2.33. The van der Waals surface area contributed by atoms with Crippen LogP contribution in [0.15, 0.2) is 0 Å². The summed E-state index contributed by atoms with van der Waals surface area (Å²) >= 11 is 0. The third kappa shape index (κ3) is 1.57. The Kier molecular flexibility index (Phi) is 2.06. The van der Waals surface area contributed by atoms with E-state index in [9.17, 15) is 4.79 Å². The molecule has 0 aromatic heterocycles. The van der Waals surface area contributed by atoms with Gasteiger partial charge < -0.3 is 10.4 Å². The van der Waals surface area contributed by atoms with Gasteiger partial charge in [0.25, 0.3) is 0 Å². The van der Waals surface area contributed by atoms with Gasteiger partial charge in [0.2, 0.25) is 5.91 Å². The summed E-state index contributed by atoms with van der Waals surface area (Å²) < 4.78 is 0. The monoisotopic (exact) mass is 183 g/mol. The molecule has 13 heavy (non-hydrogen) atoms. The average Bonchev–Trinajstić information content (AvgIpc) is 2.81. The van der Waals surface area contributed by atoms with Crippen LogP contribution >= 0.6 is 0 Å². The van der Waals surface area contributed by atoms with E-state index < -0.39 is 0 Å². The molecule has 2 N–H and O–H groups in total. The fourth-order valence-corrected chi connectivity index (χ4v) is 1.94. The lowest BCUT2D eigenvalue weighted by atomic mass is 9.88. The number of nitrogens with one attached hydrogen (secondary N) is 1. The third-order valence-corrected chi connectivity index (χ3v) is 3.46. The van der Waals surface area contributed by atoms with E-state index in [0.29, 0.717) is 0 Å². The minimum absolute atomic E-state index is 0.0272. The van der Waals surface area contributed by atoms with E-state index in [2.05, 4.69) is 12.2 Å². The molecule has 0 radical (unpaired) electrons. The fraction of sp³-hybridized carbons (Fsp3) is 0.900. The number of hydrogen-bond donors (Lipinski definition) is 2. The standard InChI is InChI=1S/C10H17NO2/c1-2-10(3-4-10)9(13)11-7-5-8(12)6-7/h7-8,12H,2-6H2,1H3,(H,11,13). The molecule has 0 heterocycles. The maximum absolute atomic E-state index is 11.7. The van der Waals surface area contributed by atoms with Crippen molar-refractivity contribution in [3.8, 4) is 0 Å². The van der Waals surface area contributed by atoms with Crippen LogP contribution < -0.4 is 5.32 Å². The zero-order valence-corrected chi connectivity index (χ0v) is 8.05. The summed E-state index contributed by atoms with van der Waals surface area (Å²) in [7, 11) is 0. The van der Waals surface area contributed by atoms with Gasteiger partial charge in [-0.2, -0.15) is 0 Å². The number of hydrogen-bond acceptors (Lipinski definition) is 2. The average molecular weight is 183 g/mol. The quantitative estimate of drug-likeness (QED) is 0.680. The van der Waals surface area contributed by atoms with Crippen LogP contribution in [0.25, 0.3) is 0 Å². The van der Waals surface area contributed by atoms with Gasteiger partial charge in [-0.1, -0.05) is 6.92 Å². The molecule has 0 aromatic carbocycles. The Morgan fingerprint density at radius 3 is 2.54 bits per heavy atom. The van der Waals surface area contributed by atoms with E-state index in [1.165, 1.54) is 0 Å². The zero-order chi connectivity index (χ0) is 9.47. The Balaban J connectivity index is 1.79. The Hall–Kier alpha value is -0.570. The van der Waals surface area contributed by atoms with E-state index in [4.69, 9.17) is 5.11 Å². The highest BCUT2D eigenvalue weighted by molar-refractivity contribution is 5.85. The van der Waals surface area contributed by atoms with E-state index in [-0.39, 0.29) is 23.5 Å². The van der Waals surface area contributed by atoms with Crippen molar-refractivity contribution >= 4 is 5.91 Å². The molecule has 1 amide bonds. The molecule has 2 saturated carbocycles. The third-order valence-electron chi connectivity index (χ3n) is 3.46. The maximum Gasteiger partial charge on any atom is 0.226 e. The highest BCUT2D eigenvalue weighted by atomic mass is 16.3. The van der Waals surface area contributed by atoms with Gasteiger partial charge in [0.05, 0.1) is 6.10 Å². The normalized spacial score (nSPS) is 34.9. The molecule has 2 fully saturated rings. The van der Waals surface area contributed by atoms with Crippen molar-refractivity contribution in [2.45, 2.75) is 51.2 Å². The molecule has 3 heteroatoms. The van der Waals surface area contributed by atoms with Gasteiger partial charge in [0.1, 0.15) is 0 Å². The van der Waals surface area contributed by atoms with Crippen molar-refractivity contribution in [2.75, 3.05) is 0 Å². The molecule has 2 rings (SSSR count). The molecule has 0 spiro atoms. The Bertz CT molecular complexity index is 217. The van der Waals surface area contributed by atoms with Crippen molar-refractivity contribution in [2.24, 2.45) is 5.41 Å². The lowest BCUT2D eigenvalue weighted by molar-refractivity contribution is -0.128. The summed E-state index contributed by atoms with van der Waals surface area (Å²) in [4.78, 5) is 11.7. The van der Waals surface area contributed by atoms with Crippen LogP contribution in [0.5, 0.6) is 0 Å². The molecular formula is C10H17NO2. The van der Waals surface area contributed by atoms with Gasteiger partial charge in [-0.3, -0.25) is 4.79 Å². The van der Waals surface area contributed by atoms with Crippen LogP contribution in [0.1, 0.15) is 39.0 Å². The van der Waals surface area contributed by atoms with Gasteiger partial charge >= 0.3 is 0 Å². The number of rotatable bonds is 3. The molecule has 2 aliphatic carbocycles. The van der Waals surface area contributed by atoms with Crippen LogP contribution in [-0.2, 0) is 4.79 Å². The van der Waals surface area contributed by atoms with Crippen molar-refractivity contribution in [1.82, 2.24) is 5.32 Å². The van der Waals surface area contributed by atoms with E-state index in [1.54, 1.807) is 0 Å². The first-order valence-electron chi connectivity index (χ1n) is 5.15.